The SMILES string of the molecule is CN=C(NCc1ccc(OC)nc1)NCC(c1ccco1)N1CCCC1.I. The number of ether oxygens (including phenoxy) is 1. The quantitative estimate of drug-likeness (QED) is 0.357. The van der Waals surface area contributed by atoms with Gasteiger partial charge in [-0.1, -0.05) is 6.07 Å². The van der Waals surface area contributed by atoms with Crippen LogP contribution < -0.4 is 15.4 Å². The highest BCUT2D eigenvalue weighted by molar-refractivity contribution is 14.0. The Kier molecular flexibility index (Phi) is 8.86. The molecule has 0 bridgehead atoms. The lowest BCUT2D eigenvalue weighted by molar-refractivity contribution is 0.215. The van der Waals surface area contributed by atoms with Crippen LogP contribution in [0.15, 0.2) is 46.1 Å². The van der Waals surface area contributed by atoms with Gasteiger partial charge in [0.25, 0.3) is 0 Å². The van der Waals surface area contributed by atoms with Crippen molar-refractivity contribution in [1.82, 2.24) is 20.5 Å². The van der Waals surface area contributed by atoms with Crippen molar-refractivity contribution in [3.63, 3.8) is 0 Å². The number of pyridine rings is 1. The van der Waals surface area contributed by atoms with Crippen molar-refractivity contribution in [2.24, 2.45) is 4.99 Å². The molecular formula is C19H28IN5O2. The van der Waals surface area contributed by atoms with Crippen molar-refractivity contribution in [3.05, 3.63) is 48.0 Å². The van der Waals surface area contributed by atoms with Gasteiger partial charge in [-0.05, 0) is 43.6 Å². The maximum atomic E-state index is 5.66. The molecule has 0 radical (unpaired) electrons. The van der Waals surface area contributed by atoms with Gasteiger partial charge in [0.2, 0.25) is 5.88 Å². The lowest BCUT2D eigenvalue weighted by Gasteiger charge is -2.26. The second kappa shape index (κ2) is 11.1. The molecule has 2 aromatic heterocycles. The summed E-state index contributed by atoms with van der Waals surface area (Å²) in [7, 11) is 3.39. The van der Waals surface area contributed by atoms with E-state index in [-0.39, 0.29) is 30.0 Å². The van der Waals surface area contributed by atoms with Crippen LogP contribution in [0.2, 0.25) is 0 Å². The molecule has 1 saturated heterocycles. The zero-order valence-electron chi connectivity index (χ0n) is 15.9. The van der Waals surface area contributed by atoms with Gasteiger partial charge in [-0.3, -0.25) is 9.89 Å². The van der Waals surface area contributed by atoms with E-state index in [0.29, 0.717) is 12.4 Å². The Labute approximate surface area is 177 Å². The first-order valence-corrected chi connectivity index (χ1v) is 9.01. The Balaban J connectivity index is 0.00000261. The molecule has 3 rings (SSSR count). The Morgan fingerprint density at radius 2 is 2.11 bits per heavy atom. The lowest BCUT2D eigenvalue weighted by Crippen LogP contribution is -2.42. The minimum atomic E-state index is 0. The van der Waals surface area contributed by atoms with E-state index in [0.717, 1.165) is 36.9 Å². The van der Waals surface area contributed by atoms with Crippen molar-refractivity contribution in [1.29, 1.82) is 0 Å². The molecule has 0 amide bonds. The molecule has 7 nitrogen and oxygen atoms in total. The monoisotopic (exact) mass is 485 g/mol. The fraction of sp³-hybridized carbons (Fsp3) is 0.474. The first-order chi connectivity index (χ1) is 12.8. The van der Waals surface area contributed by atoms with Crippen molar-refractivity contribution < 1.29 is 9.15 Å². The van der Waals surface area contributed by atoms with Crippen LogP contribution in [0.5, 0.6) is 5.88 Å². The molecule has 1 aliphatic heterocycles. The van der Waals surface area contributed by atoms with Crippen LogP contribution >= 0.6 is 24.0 Å². The van der Waals surface area contributed by atoms with Crippen molar-refractivity contribution in [3.8, 4) is 5.88 Å². The molecule has 148 valence electrons. The van der Waals surface area contributed by atoms with E-state index in [2.05, 4.69) is 25.5 Å². The fourth-order valence-electron chi connectivity index (χ4n) is 3.18. The van der Waals surface area contributed by atoms with Gasteiger partial charge in [0.15, 0.2) is 5.96 Å². The molecule has 0 spiro atoms. The van der Waals surface area contributed by atoms with Crippen LogP contribution in [0.25, 0.3) is 0 Å². The summed E-state index contributed by atoms with van der Waals surface area (Å²) < 4.78 is 10.7. The third kappa shape index (κ3) is 6.10. The zero-order chi connectivity index (χ0) is 18.2. The number of aliphatic imine (C=N–C) groups is 1. The number of methoxy groups -OCH3 is 1. The number of aromatic nitrogens is 1. The number of hydrogen-bond donors (Lipinski definition) is 2. The molecular weight excluding hydrogens is 457 g/mol. The van der Waals surface area contributed by atoms with Crippen molar-refractivity contribution >= 4 is 29.9 Å². The number of furan rings is 1. The van der Waals surface area contributed by atoms with Gasteiger partial charge in [-0.25, -0.2) is 4.98 Å². The highest BCUT2D eigenvalue weighted by atomic mass is 127. The highest BCUT2D eigenvalue weighted by Gasteiger charge is 2.25. The van der Waals surface area contributed by atoms with E-state index >= 15 is 0 Å². The lowest BCUT2D eigenvalue weighted by atomic mass is 10.2. The first-order valence-electron chi connectivity index (χ1n) is 9.01. The Hall–Kier alpha value is -1.81. The standard InChI is InChI=1S/C19H27N5O2.HI/c1-20-19(22-13-15-7-8-18(25-2)21-12-15)23-14-16(17-6-5-11-26-17)24-9-3-4-10-24;/h5-8,11-12,16H,3-4,9-10,13-14H2,1-2H3,(H2,20,22,23);1H. The smallest absolute Gasteiger partial charge is 0.212 e. The van der Waals surface area contributed by atoms with Gasteiger partial charge in [0.1, 0.15) is 5.76 Å². The molecule has 27 heavy (non-hydrogen) atoms. The summed E-state index contributed by atoms with van der Waals surface area (Å²) in [4.78, 5) is 11.0. The van der Waals surface area contributed by atoms with E-state index in [9.17, 15) is 0 Å². The fourth-order valence-corrected chi connectivity index (χ4v) is 3.18. The van der Waals surface area contributed by atoms with Gasteiger partial charge in [-0.15, -0.1) is 24.0 Å². The normalized spacial score (nSPS) is 15.9. The predicted molar refractivity (Wildman–Crippen MR) is 117 cm³/mol. The maximum absolute atomic E-state index is 5.66. The Bertz CT molecular complexity index is 685. The van der Waals surface area contributed by atoms with E-state index in [4.69, 9.17) is 9.15 Å². The first kappa shape index (κ1) is 21.5. The largest absolute Gasteiger partial charge is 0.481 e. The number of nitrogens with zero attached hydrogens (tertiary/aromatic N) is 3. The molecule has 2 aromatic rings. The van der Waals surface area contributed by atoms with Crippen molar-refractivity contribution in [2.75, 3.05) is 33.8 Å². The summed E-state index contributed by atoms with van der Waals surface area (Å²) in [5.74, 6) is 2.37. The topological polar surface area (TPSA) is 74.9 Å². The summed E-state index contributed by atoms with van der Waals surface area (Å²) in [5, 5.41) is 6.74. The zero-order valence-corrected chi connectivity index (χ0v) is 18.2. The van der Waals surface area contributed by atoms with E-state index in [1.165, 1.54) is 12.8 Å². The van der Waals surface area contributed by atoms with Crippen LogP contribution in [0.1, 0.15) is 30.2 Å². The summed E-state index contributed by atoms with van der Waals surface area (Å²) >= 11 is 0. The average molecular weight is 485 g/mol. The molecule has 3 heterocycles. The van der Waals surface area contributed by atoms with Gasteiger partial charge >= 0.3 is 0 Å². The molecule has 1 atom stereocenters. The molecule has 1 fully saturated rings. The molecule has 1 unspecified atom stereocenters. The summed E-state index contributed by atoms with van der Waals surface area (Å²) in [5.41, 5.74) is 1.07. The minimum Gasteiger partial charge on any atom is -0.481 e. The predicted octanol–water partition coefficient (Wildman–Crippen LogP) is 2.80. The number of guanidine groups is 1. The van der Waals surface area contributed by atoms with Crippen LogP contribution in [0.3, 0.4) is 0 Å². The van der Waals surface area contributed by atoms with Crippen LogP contribution in [0.4, 0.5) is 0 Å². The number of rotatable bonds is 7. The maximum Gasteiger partial charge on any atom is 0.212 e. The number of likely N-dealkylation sites (tertiary alicyclic amines) is 1. The molecule has 2 N–H and O–H groups in total. The average Bonchev–Trinajstić information content (AvgIpc) is 3.39. The van der Waals surface area contributed by atoms with Gasteiger partial charge < -0.3 is 19.8 Å². The van der Waals surface area contributed by atoms with Gasteiger partial charge in [0, 0.05) is 32.4 Å². The third-order valence-corrected chi connectivity index (χ3v) is 4.61. The summed E-state index contributed by atoms with van der Waals surface area (Å²) in [6.45, 7) is 3.60. The minimum absolute atomic E-state index is 0. The molecule has 0 aliphatic carbocycles. The Morgan fingerprint density at radius 3 is 2.70 bits per heavy atom. The second-order valence-electron chi connectivity index (χ2n) is 6.29. The Morgan fingerprint density at radius 1 is 1.30 bits per heavy atom. The van der Waals surface area contributed by atoms with E-state index < -0.39 is 0 Å². The van der Waals surface area contributed by atoms with E-state index in [1.807, 2.05) is 24.3 Å². The molecule has 8 heteroatoms. The van der Waals surface area contributed by atoms with Crippen molar-refractivity contribution in [2.45, 2.75) is 25.4 Å². The number of hydrogen-bond acceptors (Lipinski definition) is 5. The van der Waals surface area contributed by atoms with Gasteiger partial charge in [0.05, 0.1) is 19.4 Å². The second-order valence-corrected chi connectivity index (χ2v) is 6.29. The van der Waals surface area contributed by atoms with Crippen LogP contribution in [0, 0.1) is 0 Å². The molecule has 0 saturated carbocycles. The number of nitrogens with one attached hydrogen (secondary N) is 2. The van der Waals surface area contributed by atoms with E-state index in [1.54, 1.807) is 26.6 Å². The van der Waals surface area contributed by atoms with Crippen LogP contribution in [-0.4, -0.2) is 49.6 Å². The highest BCUT2D eigenvalue weighted by Crippen LogP contribution is 2.24. The summed E-state index contributed by atoms with van der Waals surface area (Å²) in [6, 6.07) is 8.05. The van der Waals surface area contributed by atoms with Gasteiger partial charge in [-0.2, -0.15) is 0 Å². The molecule has 1 aliphatic rings. The number of halogens is 1. The molecule has 0 aromatic carbocycles. The van der Waals surface area contributed by atoms with Crippen LogP contribution in [-0.2, 0) is 6.54 Å². The summed E-state index contributed by atoms with van der Waals surface area (Å²) in [6.07, 6.45) is 6.03. The third-order valence-electron chi connectivity index (χ3n) is 4.61.